The van der Waals surface area contributed by atoms with Crippen LogP contribution in [0.2, 0.25) is 0 Å². The van der Waals surface area contributed by atoms with Crippen molar-refractivity contribution in [2.75, 3.05) is 18.9 Å². The predicted octanol–water partition coefficient (Wildman–Crippen LogP) is 0.494. The van der Waals surface area contributed by atoms with Gasteiger partial charge in [0.05, 0.1) is 6.54 Å². The molecule has 0 aliphatic carbocycles. The number of ether oxygens (including phenoxy) is 1. The highest BCUT2D eigenvalue weighted by atomic mass is 16.5. The predicted molar refractivity (Wildman–Crippen MR) is 68.4 cm³/mol. The summed E-state index contributed by atoms with van der Waals surface area (Å²) < 4.78 is 4.45. The lowest BCUT2D eigenvalue weighted by molar-refractivity contribution is -0.116. The van der Waals surface area contributed by atoms with Gasteiger partial charge in [-0.3, -0.25) is 4.79 Å². The van der Waals surface area contributed by atoms with E-state index in [1.165, 1.54) is 6.08 Å². The summed E-state index contributed by atoms with van der Waals surface area (Å²) in [6, 6.07) is 7.10. The van der Waals surface area contributed by atoms with Gasteiger partial charge >= 0.3 is 6.09 Å². The molecule has 0 aliphatic heterocycles. The van der Waals surface area contributed by atoms with Gasteiger partial charge < -0.3 is 21.5 Å². The van der Waals surface area contributed by atoms with Crippen LogP contribution in [0.25, 0.3) is 6.08 Å². The standard InChI is InChI=1S/C12H15N3O3/c13-10-4-1-9(2-5-10)3-6-11(16)15-7-8-18-12(14)17/h1-6H,7-8,13H2,(H2,14,17)(H,15,16)/b6-3+. The van der Waals surface area contributed by atoms with Gasteiger partial charge in [-0.15, -0.1) is 0 Å². The Kier molecular flexibility index (Phi) is 5.24. The van der Waals surface area contributed by atoms with Gasteiger partial charge in [-0.05, 0) is 23.8 Å². The summed E-state index contributed by atoms with van der Waals surface area (Å²) in [7, 11) is 0. The fourth-order valence-electron chi connectivity index (χ4n) is 1.16. The Morgan fingerprint density at radius 3 is 2.56 bits per heavy atom. The molecule has 1 aromatic rings. The van der Waals surface area contributed by atoms with Crippen molar-refractivity contribution < 1.29 is 14.3 Å². The van der Waals surface area contributed by atoms with Gasteiger partial charge in [-0.2, -0.15) is 0 Å². The van der Waals surface area contributed by atoms with Crippen molar-refractivity contribution in [1.82, 2.24) is 5.32 Å². The fourth-order valence-corrected chi connectivity index (χ4v) is 1.16. The van der Waals surface area contributed by atoms with Crippen molar-refractivity contribution in [3.63, 3.8) is 0 Å². The third-order valence-corrected chi connectivity index (χ3v) is 2.01. The van der Waals surface area contributed by atoms with E-state index in [4.69, 9.17) is 11.5 Å². The molecule has 0 aliphatic rings. The molecule has 0 fully saturated rings. The van der Waals surface area contributed by atoms with E-state index in [9.17, 15) is 9.59 Å². The number of benzene rings is 1. The van der Waals surface area contributed by atoms with Crippen molar-refractivity contribution in [2.45, 2.75) is 0 Å². The molecule has 0 radical (unpaired) electrons. The molecule has 2 amide bonds. The summed E-state index contributed by atoms with van der Waals surface area (Å²) in [6.07, 6.45) is 2.18. The summed E-state index contributed by atoms with van der Waals surface area (Å²) in [5, 5.41) is 2.54. The highest BCUT2D eigenvalue weighted by Crippen LogP contribution is 2.06. The number of carbonyl (C=O) groups is 2. The summed E-state index contributed by atoms with van der Waals surface area (Å²) in [5.74, 6) is -0.278. The zero-order chi connectivity index (χ0) is 13.4. The quantitative estimate of drug-likeness (QED) is 0.401. The van der Waals surface area contributed by atoms with E-state index in [1.54, 1.807) is 30.3 Å². The van der Waals surface area contributed by atoms with Crippen LogP contribution in [-0.4, -0.2) is 25.2 Å². The number of nitrogens with one attached hydrogen (secondary N) is 1. The lowest BCUT2D eigenvalue weighted by Gasteiger charge is -2.02. The molecule has 0 atom stereocenters. The first kappa shape index (κ1) is 13.6. The average molecular weight is 249 g/mol. The Labute approximate surface area is 105 Å². The molecule has 0 saturated heterocycles. The molecule has 96 valence electrons. The van der Waals surface area contributed by atoms with Gasteiger partial charge in [0.25, 0.3) is 0 Å². The molecule has 1 rings (SSSR count). The molecule has 5 N–H and O–H groups in total. The number of hydrogen-bond donors (Lipinski definition) is 3. The Bertz CT molecular complexity index is 440. The first-order chi connectivity index (χ1) is 8.58. The van der Waals surface area contributed by atoms with Crippen LogP contribution in [0, 0.1) is 0 Å². The van der Waals surface area contributed by atoms with E-state index >= 15 is 0 Å². The number of rotatable bonds is 5. The molecule has 6 nitrogen and oxygen atoms in total. The number of carbonyl (C=O) groups excluding carboxylic acids is 2. The molecule has 0 unspecified atom stereocenters. The number of primary amides is 1. The largest absolute Gasteiger partial charge is 0.448 e. The van der Waals surface area contributed by atoms with E-state index in [0.29, 0.717) is 5.69 Å². The van der Waals surface area contributed by atoms with E-state index in [0.717, 1.165) is 5.56 Å². The second kappa shape index (κ2) is 6.95. The first-order valence-electron chi connectivity index (χ1n) is 5.31. The normalized spacial score (nSPS) is 10.2. The number of anilines is 1. The fraction of sp³-hybridized carbons (Fsp3) is 0.167. The van der Waals surface area contributed by atoms with Crippen molar-refractivity contribution in [2.24, 2.45) is 5.73 Å². The maximum atomic E-state index is 11.3. The highest BCUT2D eigenvalue weighted by Gasteiger charge is 1.96. The van der Waals surface area contributed by atoms with Crippen LogP contribution in [0.4, 0.5) is 10.5 Å². The monoisotopic (exact) mass is 249 g/mol. The summed E-state index contributed by atoms with van der Waals surface area (Å²) in [4.78, 5) is 21.6. The summed E-state index contributed by atoms with van der Waals surface area (Å²) >= 11 is 0. The minimum absolute atomic E-state index is 0.0524. The minimum atomic E-state index is -0.860. The van der Waals surface area contributed by atoms with E-state index in [-0.39, 0.29) is 19.1 Å². The van der Waals surface area contributed by atoms with Crippen LogP contribution in [0.15, 0.2) is 30.3 Å². The molecule has 0 saturated carbocycles. The molecule has 0 spiro atoms. The zero-order valence-electron chi connectivity index (χ0n) is 9.76. The SMILES string of the molecule is NC(=O)OCCNC(=O)/C=C/c1ccc(N)cc1. The van der Waals surface area contributed by atoms with E-state index < -0.39 is 6.09 Å². The highest BCUT2D eigenvalue weighted by molar-refractivity contribution is 5.91. The Hall–Kier alpha value is -2.50. The second-order valence-electron chi connectivity index (χ2n) is 3.46. The first-order valence-corrected chi connectivity index (χ1v) is 5.31. The van der Waals surface area contributed by atoms with Gasteiger partial charge in [-0.1, -0.05) is 12.1 Å². The maximum absolute atomic E-state index is 11.3. The van der Waals surface area contributed by atoms with Gasteiger partial charge in [-0.25, -0.2) is 4.79 Å². The van der Waals surface area contributed by atoms with Crippen LogP contribution < -0.4 is 16.8 Å². The third-order valence-electron chi connectivity index (χ3n) is 2.01. The number of nitrogens with two attached hydrogens (primary N) is 2. The molecular weight excluding hydrogens is 234 g/mol. The Morgan fingerprint density at radius 2 is 1.94 bits per heavy atom. The van der Waals surface area contributed by atoms with Crippen molar-refractivity contribution in [3.05, 3.63) is 35.9 Å². The number of amides is 2. The second-order valence-corrected chi connectivity index (χ2v) is 3.46. The zero-order valence-corrected chi connectivity index (χ0v) is 9.76. The van der Waals surface area contributed by atoms with Crippen molar-refractivity contribution >= 4 is 23.8 Å². The van der Waals surface area contributed by atoms with Crippen LogP contribution in [-0.2, 0) is 9.53 Å². The van der Waals surface area contributed by atoms with Gasteiger partial charge in [0, 0.05) is 11.8 Å². The van der Waals surface area contributed by atoms with Crippen LogP contribution in [0.5, 0.6) is 0 Å². The molecule has 1 aromatic carbocycles. The van der Waals surface area contributed by atoms with E-state index in [2.05, 4.69) is 10.1 Å². The van der Waals surface area contributed by atoms with Crippen LogP contribution in [0.3, 0.4) is 0 Å². The van der Waals surface area contributed by atoms with Gasteiger partial charge in [0.2, 0.25) is 5.91 Å². The third kappa shape index (κ3) is 5.55. The molecular formula is C12H15N3O3. The Balaban J connectivity index is 2.31. The molecule has 0 heterocycles. The minimum Gasteiger partial charge on any atom is -0.448 e. The summed E-state index contributed by atoms with van der Waals surface area (Å²) in [6.45, 7) is 0.268. The Morgan fingerprint density at radius 1 is 1.28 bits per heavy atom. The van der Waals surface area contributed by atoms with Crippen molar-refractivity contribution in [1.29, 1.82) is 0 Å². The van der Waals surface area contributed by atoms with Gasteiger partial charge in [0.1, 0.15) is 6.61 Å². The molecule has 0 bridgehead atoms. The van der Waals surface area contributed by atoms with Crippen LogP contribution in [0.1, 0.15) is 5.56 Å². The number of hydrogen-bond acceptors (Lipinski definition) is 4. The lowest BCUT2D eigenvalue weighted by atomic mass is 10.2. The average Bonchev–Trinajstić information content (AvgIpc) is 2.34. The molecule has 18 heavy (non-hydrogen) atoms. The molecule has 6 heteroatoms. The van der Waals surface area contributed by atoms with Gasteiger partial charge in [0.15, 0.2) is 0 Å². The maximum Gasteiger partial charge on any atom is 0.404 e. The van der Waals surface area contributed by atoms with Crippen LogP contribution >= 0.6 is 0 Å². The lowest BCUT2D eigenvalue weighted by Crippen LogP contribution is -2.27. The molecule has 0 aromatic heterocycles. The van der Waals surface area contributed by atoms with E-state index in [1.807, 2.05) is 0 Å². The van der Waals surface area contributed by atoms with Crippen molar-refractivity contribution in [3.8, 4) is 0 Å². The summed E-state index contributed by atoms with van der Waals surface area (Å²) in [5.41, 5.74) is 11.8. The topological polar surface area (TPSA) is 107 Å². The number of nitrogen functional groups attached to an aromatic ring is 1. The smallest absolute Gasteiger partial charge is 0.404 e.